The van der Waals surface area contributed by atoms with Gasteiger partial charge in [-0.25, -0.2) is 13.4 Å². The summed E-state index contributed by atoms with van der Waals surface area (Å²) in [6.07, 6.45) is 7.63. The third-order valence-electron chi connectivity index (χ3n) is 10.2. The molecule has 15 heteroatoms. The summed E-state index contributed by atoms with van der Waals surface area (Å²) < 4.78 is 45.9. The quantitative estimate of drug-likeness (QED) is 0.323. The Kier molecular flexibility index (Phi) is 10.7. The first-order chi connectivity index (χ1) is 24.7. The number of allylic oxidation sites excluding steroid dienone is 1. The molecular weight excluding hydrogens is 690 g/mol. The molecule has 6 rings (SSSR count). The third kappa shape index (κ3) is 7.98. The number of aryl methyl sites for hydroxylation is 1. The lowest BCUT2D eigenvalue weighted by molar-refractivity contribution is -0.142. The Morgan fingerprint density at radius 1 is 1.10 bits per heavy atom. The molecule has 0 spiro atoms. The van der Waals surface area contributed by atoms with Gasteiger partial charge in [0.25, 0.3) is 5.91 Å². The number of benzene rings is 1. The van der Waals surface area contributed by atoms with Crippen molar-refractivity contribution >= 4 is 44.6 Å². The van der Waals surface area contributed by atoms with Crippen LogP contribution in [0, 0.1) is 12.8 Å². The minimum Gasteiger partial charge on any atom is -0.496 e. The van der Waals surface area contributed by atoms with Gasteiger partial charge in [0, 0.05) is 36.3 Å². The zero-order chi connectivity index (χ0) is 37.4. The molecule has 3 heterocycles. The van der Waals surface area contributed by atoms with Crippen LogP contribution in [0.15, 0.2) is 30.4 Å². The highest BCUT2D eigenvalue weighted by Crippen LogP contribution is 2.46. The Morgan fingerprint density at radius 3 is 2.56 bits per heavy atom. The second kappa shape index (κ2) is 14.9. The van der Waals surface area contributed by atoms with E-state index < -0.39 is 62.6 Å². The van der Waals surface area contributed by atoms with E-state index in [1.54, 1.807) is 13.2 Å². The van der Waals surface area contributed by atoms with Crippen LogP contribution in [0.4, 0.5) is 0 Å². The Morgan fingerprint density at radius 2 is 1.87 bits per heavy atom. The fourth-order valence-electron chi connectivity index (χ4n) is 7.25. The molecule has 1 aromatic carbocycles. The molecule has 14 nitrogen and oxygen atoms in total. The lowest BCUT2D eigenvalue weighted by Crippen LogP contribution is -2.58. The predicted octanol–water partition coefficient (Wildman–Crippen LogP) is 3.20. The molecule has 2 aromatic rings. The molecule has 2 aliphatic heterocycles. The van der Waals surface area contributed by atoms with Crippen molar-refractivity contribution in [3.8, 4) is 17.4 Å². The SMILES string of the molecule is COc1ccc2c(O[C@@H]3C[C@H]4C(=O)N[C@]5(C(=O)NS(=O)(=O)C6CC6)C[C@H]5/C=C\CCCCC[C@H](NC(C)=O)C(=O)N4C3)cc(OC(C)C)nc2c1C. The molecule has 0 bridgehead atoms. The van der Waals surface area contributed by atoms with Gasteiger partial charge in [0.2, 0.25) is 33.6 Å². The molecule has 5 atom stereocenters. The van der Waals surface area contributed by atoms with Crippen molar-refractivity contribution in [1.29, 1.82) is 0 Å². The zero-order valence-corrected chi connectivity index (χ0v) is 31.2. The highest BCUT2D eigenvalue weighted by atomic mass is 32.2. The van der Waals surface area contributed by atoms with E-state index in [0.29, 0.717) is 54.0 Å². The monoisotopic (exact) mass is 739 g/mol. The number of ether oxygens (including phenoxy) is 3. The van der Waals surface area contributed by atoms with Crippen LogP contribution >= 0.6 is 0 Å². The lowest BCUT2D eigenvalue weighted by Gasteiger charge is -2.29. The van der Waals surface area contributed by atoms with E-state index in [-0.39, 0.29) is 31.4 Å². The smallest absolute Gasteiger partial charge is 0.259 e. The zero-order valence-electron chi connectivity index (χ0n) is 30.4. The average molecular weight is 740 g/mol. The number of sulfonamides is 1. The number of hydrogen-bond acceptors (Lipinski definition) is 10. The third-order valence-corrected chi connectivity index (χ3v) is 12.0. The first kappa shape index (κ1) is 37.4. The molecule has 0 radical (unpaired) electrons. The highest BCUT2D eigenvalue weighted by Gasteiger charge is 2.62. The number of fused-ring (bicyclic) bond motifs is 3. The highest BCUT2D eigenvalue weighted by molar-refractivity contribution is 7.91. The van der Waals surface area contributed by atoms with Crippen LogP contribution in [-0.2, 0) is 29.2 Å². The van der Waals surface area contributed by atoms with Gasteiger partial charge in [-0.15, -0.1) is 0 Å². The molecule has 3 N–H and O–H groups in total. The number of nitrogens with one attached hydrogen (secondary N) is 3. The number of methoxy groups -OCH3 is 1. The van der Waals surface area contributed by atoms with Crippen molar-refractivity contribution in [3.63, 3.8) is 0 Å². The first-order valence-electron chi connectivity index (χ1n) is 18.2. The molecule has 282 valence electrons. The molecular formula is C37H49N5O9S. The number of carbonyl (C=O) groups excluding carboxylic acids is 4. The van der Waals surface area contributed by atoms with Crippen LogP contribution in [0.5, 0.6) is 17.4 Å². The molecule has 3 fully saturated rings. The Balaban J connectivity index is 1.34. The summed E-state index contributed by atoms with van der Waals surface area (Å²) in [4.78, 5) is 60.7. The molecule has 1 saturated heterocycles. The minimum absolute atomic E-state index is 0.0188. The van der Waals surface area contributed by atoms with Gasteiger partial charge < -0.3 is 29.7 Å². The van der Waals surface area contributed by atoms with Gasteiger partial charge in [0.15, 0.2) is 0 Å². The Bertz CT molecular complexity index is 1880. The van der Waals surface area contributed by atoms with Gasteiger partial charge in [-0.2, -0.15) is 0 Å². The lowest BCUT2D eigenvalue weighted by atomic mass is 10.0. The van der Waals surface area contributed by atoms with Gasteiger partial charge >= 0.3 is 0 Å². The fraction of sp³-hybridized carbons (Fsp3) is 0.595. The maximum atomic E-state index is 14.3. The number of aromatic nitrogens is 1. The van der Waals surface area contributed by atoms with Crippen molar-refractivity contribution in [2.24, 2.45) is 5.92 Å². The molecule has 1 aromatic heterocycles. The summed E-state index contributed by atoms with van der Waals surface area (Å²) in [6.45, 7) is 7.03. The van der Waals surface area contributed by atoms with Crippen molar-refractivity contribution in [2.45, 2.75) is 121 Å². The van der Waals surface area contributed by atoms with Crippen molar-refractivity contribution in [1.82, 2.24) is 25.2 Å². The van der Waals surface area contributed by atoms with Gasteiger partial charge in [-0.3, -0.25) is 23.9 Å². The number of rotatable bonds is 9. The summed E-state index contributed by atoms with van der Waals surface area (Å²) >= 11 is 0. The average Bonchev–Trinajstić information content (AvgIpc) is 4.00. The van der Waals surface area contributed by atoms with Crippen molar-refractivity contribution in [3.05, 3.63) is 35.9 Å². The number of hydrogen-bond donors (Lipinski definition) is 3. The number of carbonyl (C=O) groups is 4. The normalized spacial score (nSPS) is 27.4. The van der Waals surface area contributed by atoms with E-state index in [2.05, 4.69) is 15.4 Å². The van der Waals surface area contributed by atoms with E-state index in [4.69, 9.17) is 19.2 Å². The Hall–Kier alpha value is -4.40. The summed E-state index contributed by atoms with van der Waals surface area (Å²) in [7, 11) is -2.30. The molecule has 52 heavy (non-hydrogen) atoms. The van der Waals surface area contributed by atoms with Crippen LogP contribution in [0.2, 0.25) is 0 Å². The number of amides is 4. The van der Waals surface area contributed by atoms with Gasteiger partial charge in [-0.05, 0) is 71.4 Å². The van der Waals surface area contributed by atoms with E-state index in [0.717, 1.165) is 24.8 Å². The second-order valence-corrected chi connectivity index (χ2v) is 16.6. The number of nitrogens with zero attached hydrogens (tertiary/aromatic N) is 2. The molecule has 0 unspecified atom stereocenters. The molecule has 4 aliphatic rings. The van der Waals surface area contributed by atoms with Crippen molar-refractivity contribution < 1.29 is 41.8 Å². The summed E-state index contributed by atoms with van der Waals surface area (Å²) in [5.41, 5.74) is -0.0885. The largest absolute Gasteiger partial charge is 0.496 e. The second-order valence-electron chi connectivity index (χ2n) is 14.7. The van der Waals surface area contributed by atoms with Crippen LogP contribution in [0.3, 0.4) is 0 Å². The maximum absolute atomic E-state index is 14.3. The summed E-state index contributed by atoms with van der Waals surface area (Å²) in [5.74, 6) is -1.17. The van der Waals surface area contributed by atoms with Gasteiger partial charge in [0.05, 0.1) is 30.5 Å². The van der Waals surface area contributed by atoms with Gasteiger partial charge in [0.1, 0.15) is 35.2 Å². The minimum atomic E-state index is -3.88. The van der Waals surface area contributed by atoms with E-state index in [1.165, 1.54) is 11.8 Å². The molecule has 2 aliphatic carbocycles. The van der Waals surface area contributed by atoms with Crippen LogP contribution in [-0.4, -0.2) is 90.7 Å². The van der Waals surface area contributed by atoms with Gasteiger partial charge in [-0.1, -0.05) is 25.0 Å². The summed E-state index contributed by atoms with van der Waals surface area (Å²) in [5, 5.41) is 5.73. The predicted molar refractivity (Wildman–Crippen MR) is 192 cm³/mol. The number of pyridine rings is 1. The maximum Gasteiger partial charge on any atom is 0.259 e. The van der Waals surface area contributed by atoms with E-state index in [1.807, 2.05) is 45.1 Å². The van der Waals surface area contributed by atoms with Crippen LogP contribution in [0.25, 0.3) is 10.9 Å². The van der Waals surface area contributed by atoms with E-state index >= 15 is 0 Å². The van der Waals surface area contributed by atoms with Crippen molar-refractivity contribution in [2.75, 3.05) is 13.7 Å². The Labute approximate surface area is 304 Å². The summed E-state index contributed by atoms with van der Waals surface area (Å²) in [6, 6.07) is 3.39. The molecule has 4 amide bonds. The van der Waals surface area contributed by atoms with Crippen LogP contribution < -0.4 is 29.6 Å². The van der Waals surface area contributed by atoms with Crippen LogP contribution in [0.1, 0.15) is 84.1 Å². The van der Waals surface area contributed by atoms with E-state index in [9.17, 15) is 27.6 Å². The molecule has 2 saturated carbocycles. The topological polar surface area (TPSA) is 182 Å². The first-order valence-corrected chi connectivity index (χ1v) is 19.7. The standard InChI is InChI=1S/C37H49N5O9S/c1-21(2)50-32-18-31(27-15-16-30(49-5)22(3)33(27)39-32)51-25-17-29-34(44)40-37(36(46)41-52(47,48)26-13-14-26)19-24(37)11-9-7-6-8-10-12-28(38-23(4)43)35(45)42(29)20-25/h9,11,15-16,18,21,24-26,28-29H,6-8,10,12-14,17,19-20H2,1-5H3,(H,38,43)(H,40,44)(H,41,46)/b11-9-/t24-,25-,28+,29+,37-/m1/s1. The fourth-order valence-corrected chi connectivity index (χ4v) is 8.61.